The fraction of sp³-hybridized carbons (Fsp3) is 0. The normalized spacial score (nSPS) is 10.4. The van der Waals surface area contributed by atoms with Gasteiger partial charge in [-0.1, -0.05) is 23.7 Å². The summed E-state index contributed by atoms with van der Waals surface area (Å²) in [6.07, 6.45) is 1.08. The van der Waals surface area contributed by atoms with Gasteiger partial charge in [0.25, 0.3) is 0 Å². The van der Waals surface area contributed by atoms with Gasteiger partial charge in [0.05, 0.1) is 6.20 Å². The minimum Gasteiger partial charge on any atom is -0.478 e. The topological polar surface area (TPSA) is 55.1 Å². The predicted molar refractivity (Wildman–Crippen MR) is 55.5 cm³/mol. The molecule has 0 radical (unpaired) electrons. The lowest BCUT2D eigenvalue weighted by atomic mass is 10.3. The summed E-state index contributed by atoms with van der Waals surface area (Å²) in [4.78, 5) is 10.7. The summed E-state index contributed by atoms with van der Waals surface area (Å²) in [5.41, 5.74) is -0.0510. The number of para-hydroxylation sites is 1. The Morgan fingerprint density at radius 1 is 1.44 bits per heavy atom. The third kappa shape index (κ3) is 1.65. The van der Waals surface area contributed by atoms with E-state index >= 15 is 0 Å². The van der Waals surface area contributed by atoms with Crippen LogP contribution in [0.15, 0.2) is 30.5 Å². The van der Waals surface area contributed by atoms with E-state index < -0.39 is 11.8 Å². The summed E-state index contributed by atoms with van der Waals surface area (Å²) in [5.74, 6) is -1.72. The van der Waals surface area contributed by atoms with Gasteiger partial charge in [0, 0.05) is 0 Å². The summed E-state index contributed by atoms with van der Waals surface area (Å²) in [6, 6.07) is 5.83. The second kappa shape index (κ2) is 3.94. The number of benzene rings is 1. The molecule has 82 valence electrons. The van der Waals surface area contributed by atoms with Gasteiger partial charge in [-0.2, -0.15) is 5.10 Å². The molecule has 2 aromatic rings. The first-order valence-electron chi connectivity index (χ1n) is 4.33. The van der Waals surface area contributed by atoms with Gasteiger partial charge in [-0.3, -0.25) is 0 Å². The van der Waals surface area contributed by atoms with Crippen LogP contribution in [0.2, 0.25) is 5.15 Å². The smallest absolute Gasteiger partial charge is 0.340 e. The van der Waals surface area contributed by atoms with Gasteiger partial charge in [0.2, 0.25) is 0 Å². The maximum absolute atomic E-state index is 13.4. The Morgan fingerprint density at radius 3 is 2.69 bits per heavy atom. The van der Waals surface area contributed by atoms with Crippen molar-refractivity contribution in [3.63, 3.8) is 0 Å². The molecule has 0 spiro atoms. The predicted octanol–water partition coefficient (Wildman–Crippen LogP) is 2.36. The number of aromatic nitrogens is 2. The Balaban J connectivity index is 2.58. The first-order chi connectivity index (χ1) is 7.61. The van der Waals surface area contributed by atoms with Crippen LogP contribution >= 0.6 is 11.6 Å². The van der Waals surface area contributed by atoms with Gasteiger partial charge in [-0.05, 0) is 12.1 Å². The molecule has 0 aliphatic carbocycles. The molecule has 0 saturated heterocycles. The third-order valence-electron chi connectivity index (χ3n) is 2.02. The van der Waals surface area contributed by atoms with Crippen LogP contribution < -0.4 is 0 Å². The highest BCUT2D eigenvalue weighted by Crippen LogP contribution is 2.21. The molecule has 4 nitrogen and oxygen atoms in total. The molecule has 1 aromatic carbocycles. The minimum atomic E-state index is -1.20. The van der Waals surface area contributed by atoms with E-state index in [1.165, 1.54) is 18.2 Å². The zero-order chi connectivity index (χ0) is 11.7. The molecular weight excluding hydrogens is 235 g/mol. The van der Waals surface area contributed by atoms with Gasteiger partial charge < -0.3 is 5.11 Å². The summed E-state index contributed by atoms with van der Waals surface area (Å²) in [7, 11) is 0. The summed E-state index contributed by atoms with van der Waals surface area (Å²) in [6.45, 7) is 0. The maximum Gasteiger partial charge on any atom is 0.340 e. The molecule has 0 saturated carbocycles. The lowest BCUT2D eigenvalue weighted by Crippen LogP contribution is -2.01. The van der Waals surface area contributed by atoms with Gasteiger partial charge in [-0.15, -0.1) is 0 Å². The standard InChI is InChI=1S/C10H6ClFN2O2/c11-9-6(10(15)16)5-13-14(9)8-4-2-1-3-7(8)12/h1-5H,(H,15,16). The number of carbonyl (C=O) groups is 1. The van der Waals surface area contributed by atoms with E-state index in [1.807, 2.05) is 0 Å². The van der Waals surface area contributed by atoms with Crippen molar-refractivity contribution in [2.45, 2.75) is 0 Å². The van der Waals surface area contributed by atoms with E-state index in [9.17, 15) is 9.18 Å². The molecule has 0 unspecified atom stereocenters. The molecule has 6 heteroatoms. The number of carboxylic acids is 1. The SMILES string of the molecule is O=C(O)c1cnn(-c2ccccc2F)c1Cl. The highest BCUT2D eigenvalue weighted by molar-refractivity contribution is 6.32. The summed E-state index contributed by atoms with van der Waals surface area (Å²) in [5, 5.41) is 12.4. The molecule has 1 N–H and O–H groups in total. The van der Waals surface area contributed by atoms with Crippen LogP contribution in [0.5, 0.6) is 0 Å². The van der Waals surface area contributed by atoms with Gasteiger partial charge >= 0.3 is 5.97 Å². The molecule has 2 rings (SSSR count). The van der Waals surface area contributed by atoms with Crippen LogP contribution in [0.25, 0.3) is 5.69 Å². The molecule has 0 aliphatic heterocycles. The van der Waals surface area contributed by atoms with Crippen molar-refractivity contribution in [1.29, 1.82) is 0 Å². The molecule has 1 aromatic heterocycles. The Kier molecular flexibility index (Phi) is 2.62. The fourth-order valence-corrected chi connectivity index (χ4v) is 1.53. The van der Waals surface area contributed by atoms with Crippen molar-refractivity contribution in [2.75, 3.05) is 0 Å². The van der Waals surface area contributed by atoms with E-state index in [0.29, 0.717) is 0 Å². The van der Waals surface area contributed by atoms with E-state index in [2.05, 4.69) is 5.10 Å². The van der Waals surface area contributed by atoms with Crippen LogP contribution in [-0.2, 0) is 0 Å². The Hall–Kier alpha value is -1.88. The molecule has 1 heterocycles. The molecule has 0 bridgehead atoms. The van der Waals surface area contributed by atoms with Crippen LogP contribution in [0.4, 0.5) is 4.39 Å². The third-order valence-corrected chi connectivity index (χ3v) is 2.39. The molecule has 0 fully saturated rings. The lowest BCUT2D eigenvalue weighted by molar-refractivity contribution is 0.0697. The summed E-state index contributed by atoms with van der Waals surface area (Å²) < 4.78 is 14.4. The quantitative estimate of drug-likeness (QED) is 0.877. The van der Waals surface area contributed by atoms with E-state index in [4.69, 9.17) is 16.7 Å². The number of halogens is 2. The number of carboxylic acid groups (broad SMARTS) is 1. The zero-order valence-corrected chi connectivity index (χ0v) is 8.65. The monoisotopic (exact) mass is 240 g/mol. The van der Waals surface area contributed by atoms with Crippen LogP contribution in [0, 0.1) is 5.82 Å². The fourth-order valence-electron chi connectivity index (χ4n) is 1.27. The first-order valence-corrected chi connectivity index (χ1v) is 4.71. The van der Waals surface area contributed by atoms with Crippen molar-refractivity contribution >= 4 is 17.6 Å². The van der Waals surface area contributed by atoms with Crippen molar-refractivity contribution in [1.82, 2.24) is 9.78 Å². The van der Waals surface area contributed by atoms with Gasteiger partial charge in [-0.25, -0.2) is 13.9 Å². The molecule has 0 atom stereocenters. The zero-order valence-electron chi connectivity index (χ0n) is 7.89. The number of hydrogen-bond acceptors (Lipinski definition) is 2. The molecular formula is C10H6ClFN2O2. The van der Waals surface area contributed by atoms with Crippen molar-refractivity contribution in [3.8, 4) is 5.69 Å². The van der Waals surface area contributed by atoms with Crippen LogP contribution in [0.1, 0.15) is 10.4 Å². The van der Waals surface area contributed by atoms with Gasteiger partial charge in [0.1, 0.15) is 22.2 Å². The van der Waals surface area contributed by atoms with Crippen molar-refractivity contribution < 1.29 is 14.3 Å². The average Bonchev–Trinajstić information content (AvgIpc) is 2.61. The van der Waals surface area contributed by atoms with Gasteiger partial charge in [0.15, 0.2) is 0 Å². The highest BCUT2D eigenvalue weighted by Gasteiger charge is 2.17. The Labute approximate surface area is 94.9 Å². The van der Waals surface area contributed by atoms with Crippen molar-refractivity contribution in [2.24, 2.45) is 0 Å². The van der Waals surface area contributed by atoms with E-state index in [0.717, 1.165) is 10.9 Å². The van der Waals surface area contributed by atoms with Crippen LogP contribution in [0.3, 0.4) is 0 Å². The number of rotatable bonds is 2. The average molecular weight is 241 g/mol. The highest BCUT2D eigenvalue weighted by atomic mass is 35.5. The molecule has 0 aliphatic rings. The van der Waals surface area contributed by atoms with Crippen LogP contribution in [-0.4, -0.2) is 20.9 Å². The van der Waals surface area contributed by atoms with Crippen molar-refractivity contribution in [3.05, 3.63) is 47.0 Å². The lowest BCUT2D eigenvalue weighted by Gasteiger charge is -2.03. The number of hydrogen-bond donors (Lipinski definition) is 1. The molecule has 0 amide bonds. The largest absolute Gasteiger partial charge is 0.478 e. The second-order valence-corrected chi connectivity index (χ2v) is 3.38. The first kappa shape index (κ1) is 10.6. The van der Waals surface area contributed by atoms with E-state index in [-0.39, 0.29) is 16.4 Å². The Morgan fingerprint density at radius 2 is 2.12 bits per heavy atom. The summed E-state index contributed by atoms with van der Waals surface area (Å²) >= 11 is 5.78. The second-order valence-electron chi connectivity index (χ2n) is 3.02. The van der Waals surface area contributed by atoms with E-state index in [1.54, 1.807) is 6.07 Å². The number of nitrogens with zero attached hydrogens (tertiary/aromatic N) is 2. The number of aromatic carboxylic acids is 1. The minimum absolute atomic E-state index is 0.111. The Bertz CT molecular complexity index is 554. The molecule has 16 heavy (non-hydrogen) atoms. The maximum atomic E-state index is 13.4.